The highest BCUT2D eigenvalue weighted by atomic mass is 32.1. The molecule has 29 heavy (non-hydrogen) atoms. The van der Waals surface area contributed by atoms with Crippen molar-refractivity contribution in [1.82, 2.24) is 4.57 Å². The number of nitrogens with zero attached hydrogens (tertiary/aromatic N) is 1. The zero-order valence-electron chi connectivity index (χ0n) is 15.4. The predicted octanol–water partition coefficient (Wildman–Crippen LogP) is 4.38. The number of benzene rings is 1. The molecule has 2 aromatic heterocycles. The van der Waals surface area contributed by atoms with Gasteiger partial charge in [-0.25, -0.2) is 13.6 Å². The second kappa shape index (κ2) is 6.47. The quantitative estimate of drug-likeness (QED) is 0.664. The van der Waals surface area contributed by atoms with Crippen molar-refractivity contribution in [2.24, 2.45) is 5.73 Å². The highest BCUT2D eigenvalue weighted by Crippen LogP contribution is 2.43. The summed E-state index contributed by atoms with van der Waals surface area (Å²) in [5, 5.41) is 8.82. The molecule has 1 atom stereocenters. The maximum absolute atomic E-state index is 15.7. The Bertz CT molecular complexity index is 1240. The number of carbonyl (C=O) groups is 1. The zero-order valence-corrected chi connectivity index (χ0v) is 16.2. The molecule has 0 saturated heterocycles. The number of fused-ring (bicyclic) bond motifs is 2. The molecule has 3 aromatic rings. The van der Waals surface area contributed by atoms with Crippen molar-refractivity contribution in [2.45, 2.75) is 44.2 Å². The summed E-state index contributed by atoms with van der Waals surface area (Å²) in [5.74, 6) is -3.06. The molecule has 8 heteroatoms. The van der Waals surface area contributed by atoms with E-state index < -0.39 is 34.0 Å². The second-order valence-electron chi connectivity index (χ2n) is 7.76. The molecule has 3 N–H and O–H groups in total. The van der Waals surface area contributed by atoms with Gasteiger partial charge in [0.05, 0.1) is 10.9 Å². The number of aromatic nitrogens is 1. The third-order valence-electron chi connectivity index (χ3n) is 5.77. The molecule has 2 heterocycles. The number of rotatable bonds is 3. The Morgan fingerprint density at radius 2 is 2.00 bits per heavy atom. The zero-order chi connectivity index (χ0) is 20.4. The van der Waals surface area contributed by atoms with Crippen LogP contribution in [0.3, 0.4) is 0 Å². The summed E-state index contributed by atoms with van der Waals surface area (Å²) in [7, 11) is 0. The Hall–Kier alpha value is -2.58. The van der Waals surface area contributed by atoms with Gasteiger partial charge in [-0.15, -0.1) is 11.3 Å². The van der Waals surface area contributed by atoms with Crippen LogP contribution in [0.15, 0.2) is 23.1 Å². The van der Waals surface area contributed by atoms with Crippen LogP contribution >= 0.6 is 11.3 Å². The molecule has 1 unspecified atom stereocenters. The Labute approximate surface area is 168 Å². The number of aryl methyl sites for hydroxylation is 1. The maximum Gasteiger partial charge on any atom is 0.341 e. The molecule has 1 fully saturated rings. The van der Waals surface area contributed by atoms with E-state index in [1.165, 1.54) is 15.9 Å². The summed E-state index contributed by atoms with van der Waals surface area (Å²) in [6.07, 6.45) is 5.27. The van der Waals surface area contributed by atoms with E-state index in [1.54, 1.807) is 0 Å². The molecule has 0 spiro atoms. The average molecular weight is 416 g/mol. The van der Waals surface area contributed by atoms with Gasteiger partial charge in [-0.05, 0) is 49.8 Å². The average Bonchev–Trinajstić information content (AvgIpc) is 3.42. The number of pyridine rings is 1. The Balaban J connectivity index is 1.81. The van der Waals surface area contributed by atoms with Crippen LogP contribution in [0.4, 0.5) is 8.78 Å². The number of carboxylic acids is 1. The topological polar surface area (TPSA) is 85.3 Å². The third kappa shape index (κ3) is 2.81. The summed E-state index contributed by atoms with van der Waals surface area (Å²) in [4.78, 5) is 25.6. The van der Waals surface area contributed by atoms with Gasteiger partial charge in [0.2, 0.25) is 5.43 Å². The Kier molecular flexibility index (Phi) is 4.11. The lowest BCUT2D eigenvalue weighted by Crippen LogP contribution is -2.20. The first-order valence-electron chi connectivity index (χ1n) is 9.55. The first kappa shape index (κ1) is 18.4. The van der Waals surface area contributed by atoms with Crippen LogP contribution in [0.1, 0.15) is 58.6 Å². The highest BCUT2D eigenvalue weighted by molar-refractivity contribution is 7.15. The van der Waals surface area contributed by atoms with E-state index in [2.05, 4.69) is 0 Å². The number of halogens is 2. The van der Waals surface area contributed by atoms with Gasteiger partial charge in [0.1, 0.15) is 11.4 Å². The van der Waals surface area contributed by atoms with Crippen molar-refractivity contribution in [1.29, 1.82) is 0 Å². The lowest BCUT2D eigenvalue weighted by molar-refractivity contribution is 0.0695. The van der Waals surface area contributed by atoms with E-state index in [9.17, 15) is 14.7 Å². The minimum atomic E-state index is -1.45. The van der Waals surface area contributed by atoms with Gasteiger partial charge < -0.3 is 15.4 Å². The smallest absolute Gasteiger partial charge is 0.341 e. The number of hydrogen-bond donors (Lipinski definition) is 2. The molecule has 5 nitrogen and oxygen atoms in total. The Morgan fingerprint density at radius 1 is 1.24 bits per heavy atom. The number of aromatic carboxylic acids is 1. The van der Waals surface area contributed by atoms with Crippen molar-refractivity contribution >= 4 is 28.2 Å². The molecule has 0 amide bonds. The van der Waals surface area contributed by atoms with Crippen LogP contribution in [0.25, 0.3) is 21.3 Å². The maximum atomic E-state index is 15.7. The number of hydrogen-bond acceptors (Lipinski definition) is 4. The molecule has 0 radical (unpaired) electrons. The fraction of sp³-hybridized carbons (Fsp3) is 0.333. The minimum Gasteiger partial charge on any atom is -0.477 e. The molecule has 1 saturated carbocycles. The summed E-state index contributed by atoms with van der Waals surface area (Å²) in [6, 6.07) is 2.62. The number of nitrogens with two attached hydrogens (primary N) is 1. The number of thiophene rings is 1. The SMILES string of the molecule is NC1CCCc2cc(-c3cc(F)c4c(=O)c(C(=O)O)cn(C5CC5)c4c3F)sc21. The minimum absolute atomic E-state index is 0.0819. The van der Waals surface area contributed by atoms with Crippen molar-refractivity contribution in [3.63, 3.8) is 0 Å². The van der Waals surface area contributed by atoms with Crippen molar-refractivity contribution in [3.8, 4) is 10.4 Å². The van der Waals surface area contributed by atoms with Crippen LogP contribution in [0.2, 0.25) is 0 Å². The van der Waals surface area contributed by atoms with Crippen LogP contribution in [0.5, 0.6) is 0 Å². The van der Waals surface area contributed by atoms with Crippen LogP contribution in [-0.2, 0) is 6.42 Å². The van der Waals surface area contributed by atoms with Gasteiger partial charge in [-0.3, -0.25) is 4.79 Å². The molecular weight excluding hydrogens is 398 g/mol. The molecule has 2 aliphatic carbocycles. The van der Waals surface area contributed by atoms with E-state index >= 15 is 8.78 Å². The molecular formula is C21H18F2N2O3S. The third-order valence-corrected chi connectivity index (χ3v) is 7.11. The lowest BCUT2D eigenvalue weighted by Gasteiger charge is -2.17. The van der Waals surface area contributed by atoms with E-state index in [0.717, 1.165) is 54.8 Å². The van der Waals surface area contributed by atoms with Crippen molar-refractivity contribution in [2.75, 3.05) is 0 Å². The van der Waals surface area contributed by atoms with Gasteiger partial charge >= 0.3 is 5.97 Å². The van der Waals surface area contributed by atoms with E-state index in [4.69, 9.17) is 5.73 Å². The number of carboxylic acid groups (broad SMARTS) is 1. The first-order chi connectivity index (χ1) is 13.9. The highest BCUT2D eigenvalue weighted by Gasteiger charge is 2.31. The summed E-state index contributed by atoms with van der Waals surface area (Å²) in [5.41, 5.74) is 5.61. The van der Waals surface area contributed by atoms with Crippen LogP contribution < -0.4 is 11.2 Å². The van der Waals surface area contributed by atoms with Crippen molar-refractivity contribution < 1.29 is 18.7 Å². The first-order valence-corrected chi connectivity index (χ1v) is 10.4. The second-order valence-corrected chi connectivity index (χ2v) is 8.84. The molecule has 1 aromatic carbocycles. The monoisotopic (exact) mass is 416 g/mol. The fourth-order valence-electron chi connectivity index (χ4n) is 4.17. The lowest BCUT2D eigenvalue weighted by atomic mass is 9.95. The molecule has 150 valence electrons. The van der Waals surface area contributed by atoms with E-state index in [0.29, 0.717) is 4.88 Å². The largest absolute Gasteiger partial charge is 0.477 e. The van der Waals surface area contributed by atoms with Crippen LogP contribution in [0, 0.1) is 11.6 Å². The fourth-order valence-corrected chi connectivity index (χ4v) is 5.43. The van der Waals surface area contributed by atoms with Gasteiger partial charge in [-0.2, -0.15) is 0 Å². The van der Waals surface area contributed by atoms with Crippen LogP contribution in [-0.4, -0.2) is 15.6 Å². The van der Waals surface area contributed by atoms with E-state index in [1.807, 2.05) is 6.07 Å². The van der Waals surface area contributed by atoms with Gasteiger partial charge in [-0.1, -0.05) is 0 Å². The summed E-state index contributed by atoms with van der Waals surface area (Å²) >= 11 is 1.36. The summed E-state index contributed by atoms with van der Waals surface area (Å²) in [6.45, 7) is 0. The van der Waals surface area contributed by atoms with E-state index in [-0.39, 0.29) is 23.2 Å². The molecule has 0 bridgehead atoms. The van der Waals surface area contributed by atoms with Crippen molar-refractivity contribution in [3.05, 3.63) is 56.2 Å². The predicted molar refractivity (Wildman–Crippen MR) is 107 cm³/mol. The van der Waals surface area contributed by atoms with Gasteiger partial charge in [0, 0.05) is 33.6 Å². The van der Waals surface area contributed by atoms with Gasteiger partial charge in [0.15, 0.2) is 5.82 Å². The Morgan fingerprint density at radius 3 is 2.66 bits per heavy atom. The standard InChI is InChI=1S/C21H18F2N2O3S/c22-13-7-11(15-6-9-2-1-3-14(24)20(9)29-15)17(23)18-16(13)19(26)12(21(27)28)8-25(18)10-4-5-10/h6-8,10,14H,1-5,24H2,(H,27,28). The normalized spacial score (nSPS) is 18.8. The van der Waals surface area contributed by atoms with Gasteiger partial charge in [0.25, 0.3) is 0 Å². The molecule has 2 aliphatic rings. The summed E-state index contributed by atoms with van der Waals surface area (Å²) < 4.78 is 32.1. The molecule has 5 rings (SSSR count). The molecule has 0 aliphatic heterocycles.